The molecule has 106 valence electrons. The number of hydrogen-bond acceptors (Lipinski definition) is 2. The third kappa shape index (κ3) is 3.71. The summed E-state index contributed by atoms with van der Waals surface area (Å²) in [6.07, 6.45) is 6.26. The van der Waals surface area contributed by atoms with Gasteiger partial charge in [-0.2, -0.15) is 0 Å². The molecule has 2 N–H and O–H groups in total. The summed E-state index contributed by atoms with van der Waals surface area (Å²) in [6.45, 7) is 2.24. The molecule has 0 radical (unpaired) electrons. The highest BCUT2D eigenvalue weighted by molar-refractivity contribution is 6.30. The van der Waals surface area contributed by atoms with Gasteiger partial charge in [-0.15, -0.1) is 0 Å². The molecule has 0 heterocycles. The molecule has 0 spiro atoms. The summed E-state index contributed by atoms with van der Waals surface area (Å²) < 4.78 is 0. The molecule has 1 aromatic rings. The van der Waals surface area contributed by atoms with Crippen LogP contribution in [0.5, 0.6) is 0 Å². The lowest BCUT2D eigenvalue weighted by atomic mass is 9.98. The van der Waals surface area contributed by atoms with E-state index < -0.39 is 0 Å². The Balaban J connectivity index is 2.11. The molecule has 1 aliphatic rings. The van der Waals surface area contributed by atoms with Gasteiger partial charge in [0.05, 0.1) is 0 Å². The molecule has 3 atom stereocenters. The summed E-state index contributed by atoms with van der Waals surface area (Å²) in [5.74, 6) is 0. The fraction of sp³-hybridized carbons (Fsp3) is 0.625. The maximum absolute atomic E-state index is 6.36. The molecule has 1 aliphatic carbocycles. The van der Waals surface area contributed by atoms with E-state index in [1.807, 2.05) is 12.1 Å². The van der Waals surface area contributed by atoms with Crippen LogP contribution < -0.4 is 5.73 Å². The van der Waals surface area contributed by atoms with E-state index in [1.165, 1.54) is 31.2 Å². The van der Waals surface area contributed by atoms with Gasteiger partial charge in [0.25, 0.3) is 0 Å². The second-order valence-electron chi connectivity index (χ2n) is 5.77. The van der Waals surface area contributed by atoms with E-state index in [0.29, 0.717) is 18.1 Å². The Morgan fingerprint density at radius 2 is 2.00 bits per heavy atom. The fourth-order valence-corrected chi connectivity index (χ4v) is 3.31. The van der Waals surface area contributed by atoms with E-state index in [4.69, 9.17) is 17.3 Å². The predicted octanol–water partition coefficient (Wildman–Crippen LogP) is 3.99. The van der Waals surface area contributed by atoms with Gasteiger partial charge >= 0.3 is 0 Å². The molecule has 1 fully saturated rings. The van der Waals surface area contributed by atoms with Crippen molar-refractivity contribution in [1.29, 1.82) is 0 Å². The SMILES string of the molecule is CC(c1cccc(Cl)c1)N(C)C1CCCCCC1N. The van der Waals surface area contributed by atoms with E-state index in [0.717, 1.165) is 11.4 Å². The first kappa shape index (κ1) is 14.8. The number of halogens is 1. The van der Waals surface area contributed by atoms with Gasteiger partial charge in [0, 0.05) is 23.1 Å². The van der Waals surface area contributed by atoms with E-state index >= 15 is 0 Å². The summed E-state index contributed by atoms with van der Waals surface area (Å²) in [5.41, 5.74) is 7.63. The topological polar surface area (TPSA) is 29.3 Å². The normalized spacial score (nSPS) is 26.2. The maximum Gasteiger partial charge on any atom is 0.0409 e. The molecule has 3 heteroatoms. The molecule has 2 rings (SSSR count). The first-order valence-corrected chi connectivity index (χ1v) is 7.70. The Kier molecular flexibility index (Phi) is 5.26. The predicted molar refractivity (Wildman–Crippen MR) is 82.5 cm³/mol. The number of nitrogens with zero attached hydrogens (tertiary/aromatic N) is 1. The van der Waals surface area contributed by atoms with Crippen LogP contribution in [0, 0.1) is 0 Å². The quantitative estimate of drug-likeness (QED) is 0.848. The minimum atomic E-state index is 0.300. The van der Waals surface area contributed by atoms with Crippen molar-refractivity contribution in [3.05, 3.63) is 34.9 Å². The largest absolute Gasteiger partial charge is 0.326 e. The highest BCUT2D eigenvalue weighted by Crippen LogP contribution is 2.28. The summed E-state index contributed by atoms with van der Waals surface area (Å²) in [6, 6.07) is 9.29. The van der Waals surface area contributed by atoms with Crippen molar-refractivity contribution in [3.8, 4) is 0 Å². The van der Waals surface area contributed by atoms with Crippen LogP contribution in [-0.2, 0) is 0 Å². The smallest absolute Gasteiger partial charge is 0.0409 e. The standard InChI is InChI=1S/C16H25ClN2/c1-12(13-7-6-8-14(17)11-13)19(2)16-10-5-3-4-9-15(16)18/h6-8,11-12,15-16H,3-5,9-10,18H2,1-2H3. The molecule has 1 aromatic carbocycles. The average Bonchev–Trinajstić information content (AvgIpc) is 2.62. The lowest BCUT2D eigenvalue weighted by Gasteiger charge is -2.36. The summed E-state index contributed by atoms with van der Waals surface area (Å²) >= 11 is 6.09. The van der Waals surface area contributed by atoms with Gasteiger partial charge in [0.2, 0.25) is 0 Å². The second kappa shape index (κ2) is 6.74. The molecule has 19 heavy (non-hydrogen) atoms. The lowest BCUT2D eigenvalue weighted by Crippen LogP contribution is -2.46. The molecule has 3 unspecified atom stereocenters. The van der Waals surface area contributed by atoms with Crippen molar-refractivity contribution in [1.82, 2.24) is 4.90 Å². The van der Waals surface area contributed by atoms with E-state index in [-0.39, 0.29) is 0 Å². The molecular weight excluding hydrogens is 256 g/mol. The van der Waals surface area contributed by atoms with Crippen LogP contribution in [0.4, 0.5) is 0 Å². The fourth-order valence-electron chi connectivity index (χ4n) is 3.11. The van der Waals surface area contributed by atoms with Gasteiger partial charge in [0.15, 0.2) is 0 Å². The van der Waals surface area contributed by atoms with Crippen LogP contribution in [0.15, 0.2) is 24.3 Å². The first-order valence-electron chi connectivity index (χ1n) is 7.32. The summed E-state index contributed by atoms with van der Waals surface area (Å²) in [5, 5.41) is 0.808. The number of benzene rings is 1. The highest BCUT2D eigenvalue weighted by Gasteiger charge is 2.27. The van der Waals surface area contributed by atoms with Gasteiger partial charge in [-0.3, -0.25) is 4.90 Å². The zero-order valence-corrected chi connectivity index (χ0v) is 12.7. The van der Waals surface area contributed by atoms with Crippen molar-refractivity contribution in [3.63, 3.8) is 0 Å². The highest BCUT2D eigenvalue weighted by atomic mass is 35.5. The maximum atomic E-state index is 6.36. The minimum Gasteiger partial charge on any atom is -0.326 e. The Hall–Kier alpha value is -0.570. The Morgan fingerprint density at radius 1 is 1.26 bits per heavy atom. The van der Waals surface area contributed by atoms with Crippen molar-refractivity contribution in [2.75, 3.05) is 7.05 Å². The third-order valence-corrected chi connectivity index (χ3v) is 4.73. The Morgan fingerprint density at radius 3 is 2.74 bits per heavy atom. The second-order valence-corrected chi connectivity index (χ2v) is 6.20. The Bertz CT molecular complexity index is 407. The van der Waals surface area contributed by atoms with Crippen LogP contribution in [0.25, 0.3) is 0 Å². The molecule has 0 amide bonds. The zero-order valence-electron chi connectivity index (χ0n) is 12.0. The van der Waals surface area contributed by atoms with E-state index in [9.17, 15) is 0 Å². The van der Waals surface area contributed by atoms with Crippen molar-refractivity contribution < 1.29 is 0 Å². The van der Waals surface area contributed by atoms with Crippen molar-refractivity contribution >= 4 is 11.6 Å². The van der Waals surface area contributed by atoms with Gasteiger partial charge in [-0.1, -0.05) is 43.0 Å². The molecule has 0 saturated heterocycles. The van der Waals surface area contributed by atoms with Crippen LogP contribution in [-0.4, -0.2) is 24.0 Å². The minimum absolute atomic E-state index is 0.300. The monoisotopic (exact) mass is 280 g/mol. The van der Waals surface area contributed by atoms with Gasteiger partial charge in [0.1, 0.15) is 0 Å². The molecule has 0 aliphatic heterocycles. The molecule has 2 nitrogen and oxygen atoms in total. The number of likely N-dealkylation sites (N-methyl/N-ethyl adjacent to an activating group) is 1. The van der Waals surface area contributed by atoms with Crippen LogP contribution in [0.2, 0.25) is 5.02 Å². The van der Waals surface area contributed by atoms with E-state index in [1.54, 1.807) is 0 Å². The van der Waals surface area contributed by atoms with Crippen LogP contribution in [0.1, 0.15) is 50.6 Å². The molecule has 0 aromatic heterocycles. The lowest BCUT2D eigenvalue weighted by molar-refractivity contribution is 0.152. The summed E-state index contributed by atoms with van der Waals surface area (Å²) in [4.78, 5) is 2.43. The molecule has 0 bridgehead atoms. The molecule has 1 saturated carbocycles. The van der Waals surface area contributed by atoms with Gasteiger partial charge in [-0.05, 0) is 44.5 Å². The third-order valence-electron chi connectivity index (χ3n) is 4.50. The van der Waals surface area contributed by atoms with Crippen molar-refractivity contribution in [2.24, 2.45) is 5.73 Å². The van der Waals surface area contributed by atoms with Gasteiger partial charge < -0.3 is 5.73 Å². The van der Waals surface area contributed by atoms with Gasteiger partial charge in [-0.25, -0.2) is 0 Å². The number of rotatable bonds is 3. The Labute approximate surface area is 121 Å². The molecular formula is C16H25ClN2. The average molecular weight is 281 g/mol. The van der Waals surface area contributed by atoms with Crippen LogP contribution in [0.3, 0.4) is 0 Å². The van der Waals surface area contributed by atoms with Crippen LogP contribution >= 0.6 is 11.6 Å². The number of hydrogen-bond donors (Lipinski definition) is 1. The first-order chi connectivity index (χ1) is 9.09. The number of nitrogens with two attached hydrogens (primary N) is 1. The zero-order chi connectivity index (χ0) is 13.8. The van der Waals surface area contributed by atoms with Crippen molar-refractivity contribution in [2.45, 2.75) is 57.2 Å². The summed E-state index contributed by atoms with van der Waals surface area (Å²) in [7, 11) is 2.20. The van der Waals surface area contributed by atoms with E-state index in [2.05, 4.69) is 31.0 Å².